The molecule has 4 nitrogen and oxygen atoms in total. The van der Waals surface area contributed by atoms with Crippen LogP contribution < -0.4 is 14.8 Å². The zero-order valence-corrected chi connectivity index (χ0v) is 14.1. The normalized spacial score (nSPS) is 13.0. The van der Waals surface area contributed by atoms with Gasteiger partial charge in [-0.25, -0.2) is 4.39 Å². The van der Waals surface area contributed by atoms with E-state index in [-0.39, 0.29) is 17.8 Å². The molecule has 0 saturated carbocycles. The summed E-state index contributed by atoms with van der Waals surface area (Å²) < 4.78 is 24.1. The van der Waals surface area contributed by atoms with Gasteiger partial charge in [0.1, 0.15) is 23.9 Å². The second-order valence-corrected chi connectivity index (χ2v) is 5.70. The quantitative estimate of drug-likeness (QED) is 0.845. The fourth-order valence-corrected chi connectivity index (χ4v) is 2.11. The number of para-hydroxylation sites is 1. The Labute approximate surface area is 141 Å². The van der Waals surface area contributed by atoms with Crippen molar-refractivity contribution >= 4 is 5.91 Å². The van der Waals surface area contributed by atoms with Crippen molar-refractivity contribution in [2.24, 2.45) is 0 Å². The third-order valence-corrected chi connectivity index (χ3v) is 3.47. The van der Waals surface area contributed by atoms with Crippen LogP contribution in [0, 0.1) is 12.7 Å². The van der Waals surface area contributed by atoms with Gasteiger partial charge in [0.2, 0.25) is 0 Å². The SMILES string of the molecule is Cc1ccccc1OCC(C)NC(=O)C(C)Oc1ccc(F)cc1. The third-order valence-electron chi connectivity index (χ3n) is 3.47. The summed E-state index contributed by atoms with van der Waals surface area (Å²) in [4.78, 5) is 12.1. The molecule has 2 rings (SSSR count). The van der Waals surface area contributed by atoms with Crippen LogP contribution in [0.3, 0.4) is 0 Å². The first-order chi connectivity index (χ1) is 11.5. The Morgan fingerprint density at radius 1 is 1.12 bits per heavy atom. The molecule has 2 aromatic rings. The maximum Gasteiger partial charge on any atom is 0.261 e. The molecule has 1 amide bonds. The maximum absolute atomic E-state index is 12.9. The van der Waals surface area contributed by atoms with Gasteiger partial charge in [0.15, 0.2) is 6.10 Å². The van der Waals surface area contributed by atoms with Crippen LogP contribution in [0.2, 0.25) is 0 Å². The van der Waals surface area contributed by atoms with Gasteiger partial charge in [-0.1, -0.05) is 18.2 Å². The molecule has 128 valence electrons. The van der Waals surface area contributed by atoms with Gasteiger partial charge < -0.3 is 14.8 Å². The first-order valence-corrected chi connectivity index (χ1v) is 7.86. The fourth-order valence-electron chi connectivity index (χ4n) is 2.11. The molecule has 2 atom stereocenters. The second-order valence-electron chi connectivity index (χ2n) is 5.70. The minimum atomic E-state index is -0.684. The number of benzene rings is 2. The summed E-state index contributed by atoms with van der Waals surface area (Å²) >= 11 is 0. The van der Waals surface area contributed by atoms with Crippen molar-refractivity contribution in [3.05, 3.63) is 59.9 Å². The molecule has 24 heavy (non-hydrogen) atoms. The number of amides is 1. The van der Waals surface area contributed by atoms with E-state index in [4.69, 9.17) is 9.47 Å². The van der Waals surface area contributed by atoms with Gasteiger partial charge >= 0.3 is 0 Å². The van der Waals surface area contributed by atoms with Crippen molar-refractivity contribution < 1.29 is 18.7 Å². The van der Waals surface area contributed by atoms with Crippen LogP contribution in [0.1, 0.15) is 19.4 Å². The standard InChI is InChI=1S/C19H22FNO3/c1-13-6-4-5-7-18(13)23-12-14(2)21-19(22)15(3)24-17-10-8-16(20)9-11-17/h4-11,14-15H,12H2,1-3H3,(H,21,22). The monoisotopic (exact) mass is 331 g/mol. The highest BCUT2D eigenvalue weighted by molar-refractivity contribution is 5.80. The second kappa shape index (κ2) is 8.34. The first kappa shape index (κ1) is 17.8. The molecule has 0 radical (unpaired) electrons. The molecule has 0 spiro atoms. The number of carbonyl (C=O) groups excluding carboxylic acids is 1. The van der Waals surface area contributed by atoms with Crippen molar-refractivity contribution in [3.8, 4) is 11.5 Å². The van der Waals surface area contributed by atoms with Gasteiger partial charge in [-0.05, 0) is 56.7 Å². The molecule has 1 N–H and O–H groups in total. The number of aryl methyl sites for hydroxylation is 1. The van der Waals surface area contributed by atoms with Crippen LogP contribution in [0.25, 0.3) is 0 Å². The van der Waals surface area contributed by atoms with Gasteiger partial charge in [0.25, 0.3) is 5.91 Å². The Morgan fingerprint density at radius 2 is 1.79 bits per heavy atom. The predicted molar refractivity (Wildman–Crippen MR) is 90.8 cm³/mol. The minimum absolute atomic E-state index is 0.170. The van der Waals surface area contributed by atoms with Crippen molar-refractivity contribution in [1.29, 1.82) is 0 Å². The van der Waals surface area contributed by atoms with Gasteiger partial charge in [0, 0.05) is 0 Å². The molecule has 0 saturated heterocycles. The summed E-state index contributed by atoms with van der Waals surface area (Å²) in [6.07, 6.45) is -0.684. The average molecular weight is 331 g/mol. The fraction of sp³-hybridized carbons (Fsp3) is 0.316. The van der Waals surface area contributed by atoms with E-state index in [0.717, 1.165) is 11.3 Å². The smallest absolute Gasteiger partial charge is 0.261 e. The van der Waals surface area contributed by atoms with E-state index in [0.29, 0.717) is 12.4 Å². The molecule has 0 aromatic heterocycles. The van der Waals surface area contributed by atoms with Gasteiger partial charge in [-0.3, -0.25) is 4.79 Å². The van der Waals surface area contributed by atoms with Crippen LogP contribution in [0.15, 0.2) is 48.5 Å². The molecule has 2 unspecified atom stereocenters. The van der Waals surface area contributed by atoms with E-state index in [1.54, 1.807) is 6.92 Å². The summed E-state index contributed by atoms with van der Waals surface area (Å²) in [5.74, 6) is 0.652. The number of ether oxygens (including phenoxy) is 2. The Balaban J connectivity index is 1.80. The van der Waals surface area contributed by atoms with E-state index in [9.17, 15) is 9.18 Å². The third kappa shape index (κ3) is 5.26. The number of hydrogen-bond donors (Lipinski definition) is 1. The minimum Gasteiger partial charge on any atom is -0.491 e. The topological polar surface area (TPSA) is 47.6 Å². The lowest BCUT2D eigenvalue weighted by molar-refractivity contribution is -0.128. The largest absolute Gasteiger partial charge is 0.491 e. The Kier molecular flexibility index (Phi) is 6.18. The lowest BCUT2D eigenvalue weighted by atomic mass is 10.2. The predicted octanol–water partition coefficient (Wildman–Crippen LogP) is 3.49. The molecule has 5 heteroatoms. The van der Waals surface area contributed by atoms with Gasteiger partial charge in [0.05, 0.1) is 6.04 Å². The molecule has 0 aliphatic rings. The van der Waals surface area contributed by atoms with Crippen molar-refractivity contribution in [2.75, 3.05) is 6.61 Å². The zero-order chi connectivity index (χ0) is 17.5. The number of carbonyl (C=O) groups is 1. The molecule has 0 aliphatic carbocycles. The summed E-state index contributed by atoms with van der Waals surface area (Å²) in [6, 6.07) is 13.1. The Morgan fingerprint density at radius 3 is 2.46 bits per heavy atom. The molecule has 0 fully saturated rings. The molecular formula is C19H22FNO3. The number of halogens is 1. The highest BCUT2D eigenvalue weighted by atomic mass is 19.1. The van der Waals surface area contributed by atoms with E-state index < -0.39 is 6.10 Å². The first-order valence-electron chi connectivity index (χ1n) is 7.86. The number of hydrogen-bond acceptors (Lipinski definition) is 3. The van der Waals surface area contributed by atoms with Crippen LogP contribution in [-0.4, -0.2) is 24.7 Å². The average Bonchev–Trinajstić information content (AvgIpc) is 2.56. The summed E-state index contributed by atoms with van der Waals surface area (Å²) in [7, 11) is 0. The van der Waals surface area contributed by atoms with Crippen LogP contribution in [0.4, 0.5) is 4.39 Å². The zero-order valence-electron chi connectivity index (χ0n) is 14.1. The van der Waals surface area contributed by atoms with Crippen LogP contribution >= 0.6 is 0 Å². The Hall–Kier alpha value is -2.56. The van der Waals surface area contributed by atoms with Gasteiger partial charge in [-0.15, -0.1) is 0 Å². The van der Waals surface area contributed by atoms with Gasteiger partial charge in [-0.2, -0.15) is 0 Å². The highest BCUT2D eigenvalue weighted by Gasteiger charge is 2.17. The van der Waals surface area contributed by atoms with E-state index >= 15 is 0 Å². The maximum atomic E-state index is 12.9. The molecule has 2 aromatic carbocycles. The van der Waals surface area contributed by atoms with Crippen molar-refractivity contribution in [1.82, 2.24) is 5.32 Å². The summed E-state index contributed by atoms with van der Waals surface area (Å²) in [6.45, 7) is 5.84. The Bertz CT molecular complexity index is 673. The van der Waals surface area contributed by atoms with E-state index in [1.165, 1.54) is 24.3 Å². The number of rotatable bonds is 7. The molecule has 0 heterocycles. The van der Waals surface area contributed by atoms with E-state index in [2.05, 4.69) is 5.32 Å². The van der Waals surface area contributed by atoms with Crippen molar-refractivity contribution in [3.63, 3.8) is 0 Å². The van der Waals surface area contributed by atoms with Crippen molar-refractivity contribution in [2.45, 2.75) is 32.9 Å². The van der Waals surface area contributed by atoms with Crippen LogP contribution in [-0.2, 0) is 4.79 Å². The lowest BCUT2D eigenvalue weighted by Crippen LogP contribution is -2.43. The van der Waals surface area contributed by atoms with E-state index in [1.807, 2.05) is 38.1 Å². The van der Waals surface area contributed by atoms with Crippen LogP contribution in [0.5, 0.6) is 11.5 Å². The summed E-state index contributed by atoms with van der Waals surface area (Å²) in [5.41, 5.74) is 1.05. The lowest BCUT2D eigenvalue weighted by Gasteiger charge is -2.19. The summed E-state index contributed by atoms with van der Waals surface area (Å²) in [5, 5.41) is 2.84. The molecule has 0 bridgehead atoms. The number of nitrogens with one attached hydrogen (secondary N) is 1. The molecular weight excluding hydrogens is 309 g/mol. The molecule has 0 aliphatic heterocycles. The highest BCUT2D eigenvalue weighted by Crippen LogP contribution is 2.16.